The van der Waals surface area contributed by atoms with Crippen LogP contribution in [0.4, 0.5) is 0 Å². The van der Waals surface area contributed by atoms with Crippen molar-refractivity contribution in [3.05, 3.63) is 47.5 Å². The molecule has 0 aromatic heterocycles. The van der Waals surface area contributed by atoms with Gasteiger partial charge < -0.3 is 0 Å². The number of aryl methyl sites for hydroxylation is 2. The van der Waals surface area contributed by atoms with Crippen LogP contribution in [0, 0.1) is 13.8 Å². The molecule has 1 aliphatic rings. The van der Waals surface area contributed by atoms with Crippen molar-refractivity contribution in [2.75, 3.05) is 0 Å². The highest BCUT2D eigenvalue weighted by Gasteiger charge is 2.16. The van der Waals surface area contributed by atoms with Crippen molar-refractivity contribution in [1.29, 1.82) is 0 Å². The van der Waals surface area contributed by atoms with Crippen molar-refractivity contribution < 1.29 is 0 Å². The van der Waals surface area contributed by atoms with Crippen LogP contribution in [0.15, 0.2) is 56.0 Å². The predicted octanol–water partition coefficient (Wildman–Crippen LogP) is 4.92. The SMILES string of the molecule is Cc1ccc2c(c1)Sc1cc(C)ccc1S2. The first-order chi connectivity index (χ1) is 7.72. The Labute approximate surface area is 104 Å². The van der Waals surface area contributed by atoms with Crippen LogP contribution in [-0.4, -0.2) is 0 Å². The third kappa shape index (κ3) is 1.76. The van der Waals surface area contributed by atoms with E-state index in [9.17, 15) is 0 Å². The molecule has 0 saturated carbocycles. The number of hydrogen-bond acceptors (Lipinski definition) is 2. The van der Waals surface area contributed by atoms with Gasteiger partial charge >= 0.3 is 0 Å². The quantitative estimate of drug-likeness (QED) is 0.550. The summed E-state index contributed by atoms with van der Waals surface area (Å²) in [6.07, 6.45) is 0. The maximum Gasteiger partial charge on any atom is 0.0265 e. The van der Waals surface area contributed by atoms with Gasteiger partial charge in [-0.2, -0.15) is 0 Å². The van der Waals surface area contributed by atoms with Gasteiger partial charge in [-0.05, 0) is 49.2 Å². The zero-order valence-corrected chi connectivity index (χ0v) is 10.9. The molecule has 0 amide bonds. The second kappa shape index (κ2) is 3.86. The van der Waals surface area contributed by atoms with Crippen molar-refractivity contribution in [2.45, 2.75) is 33.4 Å². The third-order valence-corrected chi connectivity index (χ3v) is 5.16. The van der Waals surface area contributed by atoms with E-state index in [2.05, 4.69) is 50.2 Å². The predicted molar refractivity (Wildman–Crippen MR) is 70.6 cm³/mol. The Morgan fingerprint density at radius 3 is 1.56 bits per heavy atom. The molecule has 1 heterocycles. The van der Waals surface area contributed by atoms with Crippen LogP contribution in [0.3, 0.4) is 0 Å². The van der Waals surface area contributed by atoms with Crippen LogP contribution in [-0.2, 0) is 0 Å². The largest absolute Gasteiger partial charge is 0.0877 e. The molecular formula is C14H12S2. The number of fused-ring (bicyclic) bond motifs is 2. The van der Waals surface area contributed by atoms with Gasteiger partial charge in [0.2, 0.25) is 0 Å². The average Bonchev–Trinajstić information content (AvgIpc) is 2.26. The fraction of sp³-hybridized carbons (Fsp3) is 0.143. The highest BCUT2D eigenvalue weighted by atomic mass is 32.2. The summed E-state index contributed by atoms with van der Waals surface area (Å²) in [6, 6.07) is 13.4. The number of rotatable bonds is 0. The van der Waals surface area contributed by atoms with Gasteiger partial charge in [0.05, 0.1) is 0 Å². The summed E-state index contributed by atoms with van der Waals surface area (Å²) in [7, 11) is 0. The molecule has 0 fully saturated rings. The van der Waals surface area contributed by atoms with Crippen LogP contribution in [0.5, 0.6) is 0 Å². The molecule has 0 atom stereocenters. The lowest BCUT2D eigenvalue weighted by atomic mass is 10.2. The van der Waals surface area contributed by atoms with Gasteiger partial charge in [0.15, 0.2) is 0 Å². The van der Waals surface area contributed by atoms with Crippen molar-refractivity contribution >= 4 is 23.5 Å². The highest BCUT2D eigenvalue weighted by molar-refractivity contribution is 8.05. The monoisotopic (exact) mass is 244 g/mol. The molecule has 16 heavy (non-hydrogen) atoms. The summed E-state index contributed by atoms with van der Waals surface area (Å²) in [5.41, 5.74) is 2.67. The molecule has 3 rings (SSSR count). The minimum atomic E-state index is 1.34. The smallest absolute Gasteiger partial charge is 0.0265 e. The highest BCUT2D eigenvalue weighted by Crippen LogP contribution is 2.48. The first kappa shape index (κ1) is 10.3. The lowest BCUT2D eigenvalue weighted by Gasteiger charge is -2.18. The van der Waals surface area contributed by atoms with Crippen LogP contribution in [0.2, 0.25) is 0 Å². The van der Waals surface area contributed by atoms with E-state index >= 15 is 0 Å². The summed E-state index contributed by atoms with van der Waals surface area (Å²) >= 11 is 3.77. The van der Waals surface area contributed by atoms with E-state index in [1.54, 1.807) is 0 Å². The molecule has 80 valence electrons. The normalized spacial score (nSPS) is 13.1. The Morgan fingerprint density at radius 2 is 1.06 bits per heavy atom. The minimum absolute atomic E-state index is 1.34. The second-order valence-corrected chi connectivity index (χ2v) is 6.27. The lowest BCUT2D eigenvalue weighted by Crippen LogP contribution is -1.90. The summed E-state index contributed by atoms with van der Waals surface area (Å²) in [6.45, 7) is 4.30. The standard InChI is InChI=1S/C14H12S2/c1-9-3-5-11-13(7-9)16-14-8-10(2)4-6-12(14)15-11/h3-8H,1-2H3. The average molecular weight is 244 g/mol. The molecule has 1 aliphatic heterocycles. The summed E-state index contributed by atoms with van der Waals surface area (Å²) < 4.78 is 0. The topological polar surface area (TPSA) is 0 Å². The van der Waals surface area contributed by atoms with E-state index in [1.807, 2.05) is 23.5 Å². The van der Waals surface area contributed by atoms with E-state index in [-0.39, 0.29) is 0 Å². The second-order valence-electron chi connectivity index (χ2n) is 4.10. The van der Waals surface area contributed by atoms with Gasteiger partial charge in [-0.15, -0.1) is 0 Å². The molecular weight excluding hydrogens is 232 g/mol. The molecule has 0 aliphatic carbocycles. The first-order valence-electron chi connectivity index (χ1n) is 5.29. The molecule has 0 unspecified atom stereocenters. The summed E-state index contributed by atoms with van der Waals surface area (Å²) in [5.74, 6) is 0. The maximum absolute atomic E-state index is 2.28. The van der Waals surface area contributed by atoms with Crippen molar-refractivity contribution in [3.63, 3.8) is 0 Å². The van der Waals surface area contributed by atoms with E-state index in [4.69, 9.17) is 0 Å². The van der Waals surface area contributed by atoms with E-state index in [0.29, 0.717) is 0 Å². The molecule has 2 aromatic carbocycles. The molecule has 0 bridgehead atoms. The van der Waals surface area contributed by atoms with Gasteiger partial charge in [-0.25, -0.2) is 0 Å². The molecule has 0 nitrogen and oxygen atoms in total. The van der Waals surface area contributed by atoms with Gasteiger partial charge in [-0.3, -0.25) is 0 Å². The Kier molecular flexibility index (Phi) is 2.49. The van der Waals surface area contributed by atoms with E-state index < -0.39 is 0 Å². The van der Waals surface area contributed by atoms with Crippen LogP contribution in [0.25, 0.3) is 0 Å². The Hall–Kier alpha value is -0.860. The van der Waals surface area contributed by atoms with Crippen LogP contribution in [0.1, 0.15) is 11.1 Å². The fourth-order valence-electron chi connectivity index (χ4n) is 1.80. The van der Waals surface area contributed by atoms with Crippen LogP contribution < -0.4 is 0 Å². The third-order valence-electron chi connectivity index (χ3n) is 2.64. The van der Waals surface area contributed by atoms with Gasteiger partial charge in [-0.1, -0.05) is 35.7 Å². The summed E-state index contributed by atoms with van der Waals surface area (Å²) in [4.78, 5) is 5.55. The lowest BCUT2D eigenvalue weighted by molar-refractivity contribution is 1.13. The first-order valence-corrected chi connectivity index (χ1v) is 6.93. The van der Waals surface area contributed by atoms with E-state index in [1.165, 1.54) is 30.7 Å². The van der Waals surface area contributed by atoms with Crippen LogP contribution >= 0.6 is 23.5 Å². The molecule has 0 N–H and O–H groups in total. The molecule has 2 heteroatoms. The Bertz CT molecular complexity index is 509. The van der Waals surface area contributed by atoms with Gasteiger partial charge in [0.25, 0.3) is 0 Å². The number of hydrogen-bond donors (Lipinski definition) is 0. The zero-order valence-electron chi connectivity index (χ0n) is 9.28. The van der Waals surface area contributed by atoms with Crippen molar-refractivity contribution in [3.8, 4) is 0 Å². The minimum Gasteiger partial charge on any atom is -0.0877 e. The van der Waals surface area contributed by atoms with Gasteiger partial charge in [0, 0.05) is 19.6 Å². The maximum atomic E-state index is 2.28. The van der Waals surface area contributed by atoms with Gasteiger partial charge in [0.1, 0.15) is 0 Å². The van der Waals surface area contributed by atoms with Crippen molar-refractivity contribution in [1.82, 2.24) is 0 Å². The van der Waals surface area contributed by atoms with Crippen molar-refractivity contribution in [2.24, 2.45) is 0 Å². The molecule has 0 radical (unpaired) electrons. The van der Waals surface area contributed by atoms with E-state index in [0.717, 1.165) is 0 Å². The number of benzene rings is 2. The Morgan fingerprint density at radius 1 is 0.625 bits per heavy atom. The molecule has 0 spiro atoms. The summed E-state index contributed by atoms with van der Waals surface area (Å²) in [5, 5.41) is 0. The Balaban J connectivity index is 2.10. The fourth-order valence-corrected chi connectivity index (χ4v) is 4.19. The molecule has 0 saturated heterocycles. The zero-order chi connectivity index (χ0) is 11.1. The molecule has 2 aromatic rings.